The second kappa shape index (κ2) is 9.44. The van der Waals surface area contributed by atoms with Gasteiger partial charge in [-0.05, 0) is 77.3 Å². The Morgan fingerprint density at radius 2 is 1.77 bits per heavy atom. The van der Waals surface area contributed by atoms with Crippen molar-refractivity contribution < 1.29 is 5.11 Å². The fraction of sp³-hybridized carbons (Fsp3) is 0.571. The molecule has 0 saturated carbocycles. The number of piperidine rings is 2. The predicted octanol–water partition coefficient (Wildman–Crippen LogP) is 5.19. The van der Waals surface area contributed by atoms with Gasteiger partial charge in [0.1, 0.15) is 0 Å². The molecule has 4 atom stereocenters. The Bertz CT molecular complexity index is 885. The summed E-state index contributed by atoms with van der Waals surface area (Å²) in [4.78, 5) is 0. The monoisotopic (exact) mass is 420 g/mol. The van der Waals surface area contributed by atoms with Gasteiger partial charge in [-0.1, -0.05) is 70.2 Å². The zero-order valence-electron chi connectivity index (χ0n) is 19.7. The topological polar surface area (TPSA) is 44.3 Å². The van der Waals surface area contributed by atoms with Crippen LogP contribution in [0.2, 0.25) is 0 Å². The number of aryl methyl sites for hydroxylation is 1. The van der Waals surface area contributed by atoms with E-state index in [2.05, 4.69) is 80.8 Å². The molecule has 0 aliphatic carbocycles. The van der Waals surface area contributed by atoms with E-state index >= 15 is 0 Å². The van der Waals surface area contributed by atoms with E-state index in [1.807, 2.05) is 0 Å². The summed E-state index contributed by atoms with van der Waals surface area (Å²) in [5.41, 5.74) is 7.44. The third-order valence-electron chi connectivity index (χ3n) is 7.34. The Labute approximate surface area is 188 Å². The predicted molar refractivity (Wildman–Crippen MR) is 130 cm³/mol. The van der Waals surface area contributed by atoms with Gasteiger partial charge in [-0.15, -0.1) is 0 Å². The van der Waals surface area contributed by atoms with E-state index in [0.29, 0.717) is 17.9 Å². The van der Waals surface area contributed by atoms with Gasteiger partial charge in [-0.3, -0.25) is 0 Å². The molecule has 2 fully saturated rings. The number of hydrogen-bond acceptors (Lipinski definition) is 3. The van der Waals surface area contributed by atoms with Crippen LogP contribution in [-0.2, 0) is 11.8 Å². The van der Waals surface area contributed by atoms with Crippen LogP contribution in [0, 0.1) is 0 Å². The Morgan fingerprint density at radius 3 is 2.52 bits per heavy atom. The summed E-state index contributed by atoms with van der Waals surface area (Å²) in [6.07, 6.45) is 4.02. The molecule has 2 saturated heterocycles. The van der Waals surface area contributed by atoms with Crippen molar-refractivity contribution >= 4 is 0 Å². The molecule has 0 bridgehead atoms. The van der Waals surface area contributed by atoms with Crippen molar-refractivity contribution in [3.05, 3.63) is 70.3 Å². The first-order chi connectivity index (χ1) is 14.9. The van der Waals surface area contributed by atoms with Crippen LogP contribution in [0.4, 0.5) is 0 Å². The van der Waals surface area contributed by atoms with Crippen molar-refractivity contribution in [2.75, 3.05) is 19.6 Å². The second-order valence-electron chi connectivity index (χ2n) is 10.6. The largest absolute Gasteiger partial charge is 0.392 e. The van der Waals surface area contributed by atoms with Crippen LogP contribution in [0.1, 0.15) is 92.7 Å². The van der Waals surface area contributed by atoms with Crippen molar-refractivity contribution in [3.8, 4) is 0 Å². The molecule has 4 rings (SSSR count). The molecular formula is C28H40N2O. The lowest BCUT2D eigenvalue weighted by atomic mass is 9.77. The number of rotatable bonds is 4. The summed E-state index contributed by atoms with van der Waals surface area (Å²) in [5, 5.41) is 17.4. The standard InChI is InChI=1S/C28H40N2O/c1-5-19-10-11-20(15-25(19)22-14-23(31)18-29-17-22)21-12-13-30-27(16-21)24-8-6-7-9-26(24)28(2,3)4/h6-11,15,21-23,27,29-31H,5,12-14,16-18H2,1-4H3/t21?,22?,23?,27-/m0/s1. The maximum Gasteiger partial charge on any atom is 0.0670 e. The Kier molecular flexibility index (Phi) is 6.86. The number of aliphatic hydroxyl groups is 1. The highest BCUT2D eigenvalue weighted by Gasteiger charge is 2.29. The van der Waals surface area contributed by atoms with Crippen LogP contribution in [0.15, 0.2) is 42.5 Å². The van der Waals surface area contributed by atoms with Gasteiger partial charge in [0.25, 0.3) is 0 Å². The zero-order chi connectivity index (χ0) is 22.0. The lowest BCUT2D eigenvalue weighted by Gasteiger charge is -2.35. The summed E-state index contributed by atoms with van der Waals surface area (Å²) >= 11 is 0. The first-order valence-electron chi connectivity index (χ1n) is 12.2. The van der Waals surface area contributed by atoms with E-state index in [1.54, 1.807) is 0 Å². The molecule has 0 radical (unpaired) electrons. The smallest absolute Gasteiger partial charge is 0.0670 e. The zero-order valence-corrected chi connectivity index (χ0v) is 19.7. The third-order valence-corrected chi connectivity index (χ3v) is 7.34. The van der Waals surface area contributed by atoms with Gasteiger partial charge >= 0.3 is 0 Å². The molecular weight excluding hydrogens is 380 g/mol. The molecule has 0 amide bonds. The maximum absolute atomic E-state index is 10.2. The fourth-order valence-electron chi connectivity index (χ4n) is 5.67. The van der Waals surface area contributed by atoms with Crippen LogP contribution in [0.3, 0.4) is 0 Å². The van der Waals surface area contributed by atoms with Crippen LogP contribution in [0.5, 0.6) is 0 Å². The van der Waals surface area contributed by atoms with E-state index in [1.165, 1.54) is 34.2 Å². The minimum atomic E-state index is -0.232. The average molecular weight is 421 g/mol. The van der Waals surface area contributed by atoms with E-state index in [-0.39, 0.29) is 11.5 Å². The fourth-order valence-corrected chi connectivity index (χ4v) is 5.67. The van der Waals surface area contributed by atoms with Gasteiger partial charge in [0, 0.05) is 19.1 Å². The maximum atomic E-state index is 10.2. The molecule has 0 aromatic heterocycles. The highest BCUT2D eigenvalue weighted by molar-refractivity contribution is 5.39. The van der Waals surface area contributed by atoms with Crippen LogP contribution >= 0.6 is 0 Å². The summed E-state index contributed by atoms with van der Waals surface area (Å²) in [5.74, 6) is 0.989. The van der Waals surface area contributed by atoms with E-state index < -0.39 is 0 Å². The highest BCUT2D eigenvalue weighted by Crippen LogP contribution is 2.39. The van der Waals surface area contributed by atoms with Gasteiger partial charge in [0.2, 0.25) is 0 Å². The molecule has 3 N–H and O–H groups in total. The SMILES string of the molecule is CCc1ccc(C2CCN[C@H](c3ccccc3C(C)(C)C)C2)cc1C1CNCC(O)C1. The Hall–Kier alpha value is -1.68. The van der Waals surface area contributed by atoms with Crippen LogP contribution in [0.25, 0.3) is 0 Å². The average Bonchev–Trinajstić information content (AvgIpc) is 2.78. The van der Waals surface area contributed by atoms with Gasteiger partial charge in [0.05, 0.1) is 6.10 Å². The number of aliphatic hydroxyl groups excluding tert-OH is 1. The number of β-amino-alcohol motifs (C(OH)–C–C–N with tert-alkyl or cyclic N) is 1. The second-order valence-corrected chi connectivity index (χ2v) is 10.6. The van der Waals surface area contributed by atoms with E-state index in [4.69, 9.17) is 0 Å². The van der Waals surface area contributed by atoms with E-state index in [9.17, 15) is 5.11 Å². The lowest BCUT2D eigenvalue weighted by Crippen LogP contribution is -2.38. The normalized spacial score (nSPS) is 27.3. The first kappa shape index (κ1) is 22.5. The molecule has 3 heteroatoms. The number of benzene rings is 2. The van der Waals surface area contributed by atoms with E-state index in [0.717, 1.165) is 38.9 Å². The van der Waals surface area contributed by atoms with Crippen molar-refractivity contribution in [1.82, 2.24) is 10.6 Å². The summed E-state index contributed by atoms with van der Waals surface area (Å²) in [7, 11) is 0. The summed E-state index contributed by atoms with van der Waals surface area (Å²) < 4.78 is 0. The first-order valence-corrected chi connectivity index (χ1v) is 12.2. The molecule has 31 heavy (non-hydrogen) atoms. The Morgan fingerprint density at radius 1 is 0.968 bits per heavy atom. The highest BCUT2D eigenvalue weighted by atomic mass is 16.3. The molecule has 2 aromatic carbocycles. The van der Waals surface area contributed by atoms with Crippen molar-refractivity contribution in [2.24, 2.45) is 0 Å². The summed E-state index contributed by atoms with van der Waals surface area (Å²) in [6.45, 7) is 11.9. The summed E-state index contributed by atoms with van der Waals surface area (Å²) in [6, 6.07) is 16.6. The van der Waals surface area contributed by atoms with Crippen LogP contribution in [-0.4, -0.2) is 30.8 Å². The molecule has 2 aliphatic heterocycles. The van der Waals surface area contributed by atoms with Gasteiger partial charge in [-0.25, -0.2) is 0 Å². The molecule has 2 aromatic rings. The van der Waals surface area contributed by atoms with Gasteiger partial charge in [-0.2, -0.15) is 0 Å². The molecule has 2 aliphatic rings. The molecule has 2 heterocycles. The molecule has 3 nitrogen and oxygen atoms in total. The molecule has 3 unspecified atom stereocenters. The van der Waals surface area contributed by atoms with Gasteiger partial charge < -0.3 is 15.7 Å². The number of nitrogens with one attached hydrogen (secondary N) is 2. The minimum Gasteiger partial charge on any atom is -0.392 e. The quantitative estimate of drug-likeness (QED) is 0.637. The molecule has 0 spiro atoms. The van der Waals surface area contributed by atoms with Crippen molar-refractivity contribution in [3.63, 3.8) is 0 Å². The number of hydrogen-bond donors (Lipinski definition) is 3. The molecule has 168 valence electrons. The third kappa shape index (κ3) is 5.05. The van der Waals surface area contributed by atoms with Crippen molar-refractivity contribution in [1.29, 1.82) is 0 Å². The van der Waals surface area contributed by atoms with Gasteiger partial charge in [0.15, 0.2) is 0 Å². The Balaban J connectivity index is 1.60. The lowest BCUT2D eigenvalue weighted by molar-refractivity contribution is 0.132. The van der Waals surface area contributed by atoms with Crippen LogP contribution < -0.4 is 10.6 Å². The minimum absolute atomic E-state index is 0.149. The van der Waals surface area contributed by atoms with Crippen molar-refractivity contribution in [2.45, 2.75) is 82.8 Å².